The minimum Gasteiger partial charge on any atom is -0.492 e. The Kier molecular flexibility index (Phi) is 4.78. The maximum atomic E-state index is 9.16. The Morgan fingerprint density at radius 3 is 2.63 bits per heavy atom. The molecule has 0 aliphatic carbocycles. The molecule has 0 radical (unpaired) electrons. The van der Waals surface area contributed by atoms with Gasteiger partial charge >= 0.3 is 0 Å². The molecule has 0 spiro atoms. The summed E-state index contributed by atoms with van der Waals surface area (Å²) in [7, 11) is 2.15. The van der Waals surface area contributed by atoms with Crippen molar-refractivity contribution in [2.45, 2.75) is 13.5 Å². The molecule has 0 unspecified atom stereocenters. The van der Waals surface area contributed by atoms with Crippen LogP contribution in [0.5, 0.6) is 5.75 Å². The SMILES string of the molecule is CCOc1ccc(CN2CCN(C)CC2)cc1C#N. The van der Waals surface area contributed by atoms with Crippen LogP contribution < -0.4 is 4.74 Å². The van der Waals surface area contributed by atoms with E-state index in [1.807, 2.05) is 19.1 Å². The van der Waals surface area contributed by atoms with Crippen LogP contribution in [0, 0.1) is 11.3 Å². The normalized spacial score (nSPS) is 17.1. The third kappa shape index (κ3) is 3.69. The van der Waals surface area contributed by atoms with E-state index in [4.69, 9.17) is 10.00 Å². The van der Waals surface area contributed by atoms with Gasteiger partial charge in [0.2, 0.25) is 0 Å². The lowest BCUT2D eigenvalue weighted by Crippen LogP contribution is -2.43. The third-order valence-electron chi connectivity index (χ3n) is 3.47. The summed E-state index contributed by atoms with van der Waals surface area (Å²) >= 11 is 0. The second-order valence-electron chi connectivity index (χ2n) is 4.95. The van der Waals surface area contributed by atoms with Crippen molar-refractivity contribution in [2.24, 2.45) is 0 Å². The molecular weight excluding hydrogens is 238 g/mol. The molecule has 0 bridgehead atoms. The maximum Gasteiger partial charge on any atom is 0.137 e. The van der Waals surface area contributed by atoms with Crippen molar-refractivity contribution in [1.82, 2.24) is 9.80 Å². The van der Waals surface area contributed by atoms with E-state index in [0.717, 1.165) is 32.7 Å². The molecule has 1 saturated heterocycles. The van der Waals surface area contributed by atoms with Gasteiger partial charge in [-0.2, -0.15) is 5.26 Å². The second-order valence-corrected chi connectivity index (χ2v) is 4.95. The number of hydrogen-bond acceptors (Lipinski definition) is 4. The van der Waals surface area contributed by atoms with Gasteiger partial charge in [0.25, 0.3) is 0 Å². The van der Waals surface area contributed by atoms with Gasteiger partial charge in [-0.05, 0) is 31.7 Å². The van der Waals surface area contributed by atoms with Gasteiger partial charge in [0.1, 0.15) is 11.8 Å². The molecule has 1 heterocycles. The highest BCUT2D eigenvalue weighted by molar-refractivity contribution is 5.45. The van der Waals surface area contributed by atoms with Gasteiger partial charge in [0.15, 0.2) is 0 Å². The minimum absolute atomic E-state index is 0.590. The molecule has 0 N–H and O–H groups in total. The van der Waals surface area contributed by atoms with Gasteiger partial charge in [-0.3, -0.25) is 4.90 Å². The monoisotopic (exact) mass is 259 g/mol. The summed E-state index contributed by atoms with van der Waals surface area (Å²) < 4.78 is 5.44. The van der Waals surface area contributed by atoms with Crippen LogP contribution in [0.1, 0.15) is 18.1 Å². The van der Waals surface area contributed by atoms with Crippen molar-refractivity contribution in [3.05, 3.63) is 29.3 Å². The predicted octanol–water partition coefficient (Wildman–Crippen LogP) is 1.70. The molecule has 2 rings (SSSR count). The molecule has 0 amide bonds. The Labute approximate surface area is 115 Å². The topological polar surface area (TPSA) is 39.5 Å². The standard InChI is InChI=1S/C15H21N3O/c1-3-19-15-5-4-13(10-14(15)11-16)12-18-8-6-17(2)7-9-18/h4-5,10H,3,6-9,12H2,1-2H3. The lowest BCUT2D eigenvalue weighted by atomic mass is 10.1. The van der Waals surface area contributed by atoms with Crippen molar-refractivity contribution in [3.63, 3.8) is 0 Å². The predicted molar refractivity (Wildman–Crippen MR) is 75.1 cm³/mol. The molecule has 4 heteroatoms. The average molecular weight is 259 g/mol. The molecule has 0 saturated carbocycles. The third-order valence-corrected chi connectivity index (χ3v) is 3.47. The first kappa shape index (κ1) is 13.9. The van der Waals surface area contributed by atoms with Crippen LogP contribution in [-0.2, 0) is 6.54 Å². The molecular formula is C15H21N3O. The van der Waals surface area contributed by atoms with Crippen molar-refractivity contribution in [3.8, 4) is 11.8 Å². The molecule has 1 aromatic rings. The van der Waals surface area contributed by atoms with Crippen LogP contribution in [0.4, 0.5) is 0 Å². The number of nitriles is 1. The van der Waals surface area contributed by atoms with E-state index in [-0.39, 0.29) is 0 Å². The second kappa shape index (κ2) is 6.55. The maximum absolute atomic E-state index is 9.16. The molecule has 102 valence electrons. The zero-order chi connectivity index (χ0) is 13.7. The number of hydrogen-bond donors (Lipinski definition) is 0. The summed E-state index contributed by atoms with van der Waals surface area (Å²) in [6.45, 7) is 7.84. The molecule has 19 heavy (non-hydrogen) atoms. The van der Waals surface area contributed by atoms with Crippen molar-refractivity contribution in [2.75, 3.05) is 39.8 Å². The molecule has 1 aliphatic heterocycles. The zero-order valence-electron chi connectivity index (χ0n) is 11.7. The van der Waals surface area contributed by atoms with Crippen LogP contribution in [0.2, 0.25) is 0 Å². The summed E-state index contributed by atoms with van der Waals surface area (Å²) in [5.74, 6) is 0.687. The first-order chi connectivity index (χ1) is 9.22. The number of benzene rings is 1. The molecule has 0 aromatic heterocycles. The average Bonchev–Trinajstić information content (AvgIpc) is 2.43. The Morgan fingerprint density at radius 1 is 1.26 bits per heavy atom. The summed E-state index contributed by atoms with van der Waals surface area (Å²) in [6.07, 6.45) is 0. The van der Waals surface area contributed by atoms with Gasteiger partial charge in [-0.15, -0.1) is 0 Å². The zero-order valence-corrected chi connectivity index (χ0v) is 11.7. The first-order valence-corrected chi connectivity index (χ1v) is 6.79. The Bertz CT molecular complexity index is 459. The van der Waals surface area contributed by atoms with Gasteiger partial charge in [0, 0.05) is 32.7 Å². The Hall–Kier alpha value is -1.57. The summed E-state index contributed by atoms with van der Waals surface area (Å²) in [4.78, 5) is 4.77. The van der Waals surface area contributed by atoms with E-state index in [0.29, 0.717) is 17.9 Å². The Balaban J connectivity index is 2.03. The van der Waals surface area contributed by atoms with Crippen molar-refractivity contribution in [1.29, 1.82) is 5.26 Å². The Morgan fingerprint density at radius 2 is 2.00 bits per heavy atom. The van der Waals surface area contributed by atoms with E-state index in [1.54, 1.807) is 0 Å². The highest BCUT2D eigenvalue weighted by Crippen LogP contribution is 2.20. The van der Waals surface area contributed by atoms with Crippen molar-refractivity contribution >= 4 is 0 Å². The van der Waals surface area contributed by atoms with Gasteiger partial charge in [0.05, 0.1) is 12.2 Å². The van der Waals surface area contributed by atoms with E-state index in [2.05, 4.69) is 29.0 Å². The fourth-order valence-corrected chi connectivity index (χ4v) is 2.31. The van der Waals surface area contributed by atoms with E-state index < -0.39 is 0 Å². The molecule has 1 aromatic carbocycles. The highest BCUT2D eigenvalue weighted by Gasteiger charge is 2.14. The number of rotatable bonds is 4. The summed E-state index contributed by atoms with van der Waals surface area (Å²) in [5, 5.41) is 9.16. The van der Waals surface area contributed by atoms with Crippen LogP contribution in [0.3, 0.4) is 0 Å². The summed E-state index contributed by atoms with van der Waals surface area (Å²) in [5.41, 5.74) is 1.82. The van der Waals surface area contributed by atoms with Gasteiger partial charge in [-0.1, -0.05) is 6.07 Å². The van der Waals surface area contributed by atoms with Crippen LogP contribution >= 0.6 is 0 Å². The number of likely N-dealkylation sites (N-methyl/N-ethyl adjacent to an activating group) is 1. The fraction of sp³-hybridized carbons (Fsp3) is 0.533. The van der Waals surface area contributed by atoms with E-state index in [9.17, 15) is 0 Å². The van der Waals surface area contributed by atoms with Crippen LogP contribution in [0.25, 0.3) is 0 Å². The lowest BCUT2D eigenvalue weighted by Gasteiger charge is -2.32. The largest absolute Gasteiger partial charge is 0.492 e. The molecule has 4 nitrogen and oxygen atoms in total. The summed E-state index contributed by atoms with van der Waals surface area (Å²) in [6, 6.07) is 8.13. The highest BCUT2D eigenvalue weighted by atomic mass is 16.5. The minimum atomic E-state index is 0.590. The molecule has 1 aliphatic rings. The number of nitrogens with zero attached hydrogens (tertiary/aromatic N) is 3. The quantitative estimate of drug-likeness (QED) is 0.825. The van der Waals surface area contributed by atoms with Crippen LogP contribution in [-0.4, -0.2) is 49.6 Å². The smallest absolute Gasteiger partial charge is 0.137 e. The van der Waals surface area contributed by atoms with E-state index >= 15 is 0 Å². The molecule has 0 atom stereocenters. The first-order valence-electron chi connectivity index (χ1n) is 6.79. The van der Waals surface area contributed by atoms with Crippen LogP contribution in [0.15, 0.2) is 18.2 Å². The van der Waals surface area contributed by atoms with Crippen molar-refractivity contribution < 1.29 is 4.74 Å². The van der Waals surface area contributed by atoms with E-state index in [1.165, 1.54) is 5.56 Å². The molecule has 1 fully saturated rings. The fourth-order valence-electron chi connectivity index (χ4n) is 2.31. The lowest BCUT2D eigenvalue weighted by molar-refractivity contribution is 0.148. The number of piperazine rings is 1. The van der Waals surface area contributed by atoms with Gasteiger partial charge < -0.3 is 9.64 Å². The number of ether oxygens (including phenoxy) is 1. The van der Waals surface area contributed by atoms with Gasteiger partial charge in [-0.25, -0.2) is 0 Å².